The number of nitrogens with one attached hydrogen (secondary N) is 1. The van der Waals surface area contributed by atoms with Gasteiger partial charge in [0.1, 0.15) is 18.5 Å². The number of methoxy groups -OCH3 is 2. The van der Waals surface area contributed by atoms with Crippen molar-refractivity contribution in [2.24, 2.45) is 0 Å². The van der Waals surface area contributed by atoms with Crippen LogP contribution in [-0.4, -0.2) is 38.6 Å². The molecule has 1 atom stereocenters. The molecule has 0 amide bonds. The van der Waals surface area contributed by atoms with E-state index in [4.69, 9.17) is 19.5 Å². The Balaban J connectivity index is 1.94. The predicted octanol–water partition coefficient (Wildman–Crippen LogP) is 2.57. The number of aliphatic hydroxyl groups excluding tert-OH is 1. The van der Waals surface area contributed by atoms with Crippen molar-refractivity contribution in [2.45, 2.75) is 6.10 Å². The van der Waals surface area contributed by atoms with Crippen molar-refractivity contribution in [3.8, 4) is 23.3 Å². The van der Waals surface area contributed by atoms with Crippen LogP contribution in [0.15, 0.2) is 36.4 Å². The van der Waals surface area contributed by atoms with Gasteiger partial charge in [0.2, 0.25) is 5.75 Å². The lowest BCUT2D eigenvalue weighted by Gasteiger charge is -2.17. The normalized spacial score (nSPS) is 11.3. The number of benzene rings is 2. The van der Waals surface area contributed by atoms with Gasteiger partial charge in [-0.15, -0.1) is 0 Å². The molecule has 0 spiro atoms. The maximum absolute atomic E-state index is 13.8. The zero-order valence-electron chi connectivity index (χ0n) is 14.0. The Bertz CT molecular complexity index is 739. The standard InChI is InChI=1S/C18H19FN2O4/c1-23-16-4-3-5-17(24-2)18(16)25-11-13(22)10-21-15-7-6-12(9-20)8-14(15)19/h3-8,13,21-22H,10-11H2,1-2H3. The van der Waals surface area contributed by atoms with E-state index < -0.39 is 11.9 Å². The molecule has 0 aliphatic heterocycles. The molecule has 25 heavy (non-hydrogen) atoms. The first-order valence-corrected chi connectivity index (χ1v) is 7.54. The summed E-state index contributed by atoms with van der Waals surface area (Å²) in [5, 5.41) is 21.5. The molecule has 2 aromatic carbocycles. The molecule has 0 fully saturated rings. The zero-order chi connectivity index (χ0) is 18.2. The smallest absolute Gasteiger partial charge is 0.203 e. The molecular weight excluding hydrogens is 327 g/mol. The highest BCUT2D eigenvalue weighted by Gasteiger charge is 2.14. The van der Waals surface area contributed by atoms with Crippen LogP contribution in [0.4, 0.5) is 10.1 Å². The largest absolute Gasteiger partial charge is 0.493 e. The summed E-state index contributed by atoms with van der Waals surface area (Å²) in [6.07, 6.45) is -0.898. The van der Waals surface area contributed by atoms with E-state index in [1.807, 2.05) is 6.07 Å². The molecule has 0 aromatic heterocycles. The van der Waals surface area contributed by atoms with Gasteiger partial charge in [-0.3, -0.25) is 0 Å². The first kappa shape index (κ1) is 18.4. The van der Waals surface area contributed by atoms with Crippen LogP contribution >= 0.6 is 0 Å². The Morgan fingerprint density at radius 2 is 1.88 bits per heavy atom. The van der Waals surface area contributed by atoms with E-state index in [1.165, 1.54) is 26.4 Å². The SMILES string of the molecule is COc1cccc(OC)c1OCC(O)CNc1ccc(C#N)cc1F. The van der Waals surface area contributed by atoms with Crippen LogP contribution in [0.2, 0.25) is 0 Å². The highest BCUT2D eigenvalue weighted by atomic mass is 19.1. The summed E-state index contributed by atoms with van der Waals surface area (Å²) in [5.74, 6) is 0.796. The van der Waals surface area contributed by atoms with Gasteiger partial charge in [0.25, 0.3) is 0 Å². The fourth-order valence-electron chi connectivity index (χ4n) is 2.15. The van der Waals surface area contributed by atoms with E-state index in [1.54, 1.807) is 18.2 Å². The first-order chi connectivity index (χ1) is 12.1. The Morgan fingerprint density at radius 1 is 1.20 bits per heavy atom. The van der Waals surface area contributed by atoms with Crippen molar-refractivity contribution in [3.05, 3.63) is 47.8 Å². The zero-order valence-corrected chi connectivity index (χ0v) is 14.0. The second kappa shape index (κ2) is 8.76. The highest BCUT2D eigenvalue weighted by Crippen LogP contribution is 2.36. The highest BCUT2D eigenvalue weighted by molar-refractivity contribution is 5.51. The van der Waals surface area contributed by atoms with Gasteiger partial charge in [0.15, 0.2) is 11.5 Å². The lowest BCUT2D eigenvalue weighted by Crippen LogP contribution is -2.26. The predicted molar refractivity (Wildman–Crippen MR) is 90.7 cm³/mol. The van der Waals surface area contributed by atoms with Crippen molar-refractivity contribution in [1.29, 1.82) is 5.26 Å². The van der Waals surface area contributed by atoms with Gasteiger partial charge in [0.05, 0.1) is 31.5 Å². The average molecular weight is 346 g/mol. The molecule has 132 valence electrons. The maximum atomic E-state index is 13.8. The summed E-state index contributed by atoms with van der Waals surface area (Å²) < 4.78 is 29.8. The van der Waals surface area contributed by atoms with E-state index >= 15 is 0 Å². The van der Waals surface area contributed by atoms with E-state index in [0.29, 0.717) is 17.2 Å². The average Bonchev–Trinajstić information content (AvgIpc) is 2.64. The lowest BCUT2D eigenvalue weighted by atomic mass is 10.2. The molecule has 2 N–H and O–H groups in total. The number of halogens is 1. The van der Waals surface area contributed by atoms with Crippen molar-refractivity contribution in [2.75, 3.05) is 32.7 Å². The van der Waals surface area contributed by atoms with Gasteiger partial charge < -0.3 is 24.6 Å². The summed E-state index contributed by atoms with van der Waals surface area (Å²) in [7, 11) is 3.01. The van der Waals surface area contributed by atoms with Gasteiger partial charge >= 0.3 is 0 Å². The Labute approximate surface area is 145 Å². The summed E-state index contributed by atoms with van der Waals surface area (Å²) in [6.45, 7) is 0.0297. The third kappa shape index (κ3) is 4.75. The second-order valence-corrected chi connectivity index (χ2v) is 5.14. The number of aliphatic hydroxyl groups is 1. The summed E-state index contributed by atoms with van der Waals surface area (Å²) in [4.78, 5) is 0. The number of ether oxygens (including phenoxy) is 3. The number of hydrogen-bond acceptors (Lipinski definition) is 6. The van der Waals surface area contributed by atoms with E-state index in [2.05, 4.69) is 5.32 Å². The molecule has 0 saturated carbocycles. The molecule has 6 nitrogen and oxygen atoms in total. The molecule has 2 aromatic rings. The van der Waals surface area contributed by atoms with Crippen molar-refractivity contribution < 1.29 is 23.7 Å². The summed E-state index contributed by atoms with van der Waals surface area (Å²) in [6, 6.07) is 11.1. The van der Waals surface area contributed by atoms with Crippen LogP contribution in [0, 0.1) is 17.1 Å². The van der Waals surface area contributed by atoms with E-state index in [9.17, 15) is 9.50 Å². The Morgan fingerprint density at radius 3 is 2.44 bits per heavy atom. The quantitative estimate of drug-likeness (QED) is 0.764. The minimum Gasteiger partial charge on any atom is -0.493 e. The van der Waals surface area contributed by atoms with Gasteiger partial charge in [0, 0.05) is 6.54 Å². The van der Waals surface area contributed by atoms with Crippen LogP contribution in [0.1, 0.15) is 5.56 Å². The number of nitriles is 1. The molecule has 2 rings (SSSR count). The molecule has 0 bridgehead atoms. The van der Waals surface area contributed by atoms with Gasteiger partial charge in [-0.2, -0.15) is 5.26 Å². The monoisotopic (exact) mass is 346 g/mol. The third-order valence-corrected chi connectivity index (χ3v) is 3.43. The lowest BCUT2D eigenvalue weighted by molar-refractivity contribution is 0.113. The van der Waals surface area contributed by atoms with E-state index in [-0.39, 0.29) is 24.4 Å². The van der Waals surface area contributed by atoms with Crippen molar-refractivity contribution in [3.63, 3.8) is 0 Å². The number of anilines is 1. The summed E-state index contributed by atoms with van der Waals surface area (Å²) in [5.41, 5.74) is 0.433. The van der Waals surface area contributed by atoms with Crippen molar-refractivity contribution in [1.82, 2.24) is 0 Å². The summed E-state index contributed by atoms with van der Waals surface area (Å²) >= 11 is 0. The van der Waals surface area contributed by atoms with Crippen LogP contribution in [0.3, 0.4) is 0 Å². The number of para-hydroxylation sites is 1. The van der Waals surface area contributed by atoms with Gasteiger partial charge in [-0.05, 0) is 30.3 Å². The number of rotatable bonds is 8. The fourth-order valence-corrected chi connectivity index (χ4v) is 2.15. The van der Waals surface area contributed by atoms with E-state index in [0.717, 1.165) is 6.07 Å². The number of nitrogens with zero attached hydrogens (tertiary/aromatic N) is 1. The van der Waals surface area contributed by atoms with Crippen LogP contribution in [-0.2, 0) is 0 Å². The van der Waals surface area contributed by atoms with Crippen LogP contribution in [0.25, 0.3) is 0 Å². The topological polar surface area (TPSA) is 83.7 Å². The van der Waals surface area contributed by atoms with Crippen molar-refractivity contribution >= 4 is 5.69 Å². The maximum Gasteiger partial charge on any atom is 0.203 e. The third-order valence-electron chi connectivity index (χ3n) is 3.43. The number of hydrogen-bond donors (Lipinski definition) is 2. The second-order valence-electron chi connectivity index (χ2n) is 5.14. The molecular formula is C18H19FN2O4. The molecule has 0 aliphatic carbocycles. The molecule has 0 saturated heterocycles. The molecule has 1 unspecified atom stereocenters. The molecule has 7 heteroatoms. The fraction of sp³-hybridized carbons (Fsp3) is 0.278. The molecule has 0 aliphatic rings. The van der Waals surface area contributed by atoms with Crippen LogP contribution in [0.5, 0.6) is 17.2 Å². The molecule has 0 radical (unpaired) electrons. The molecule has 0 heterocycles. The minimum atomic E-state index is -0.898. The van der Waals surface area contributed by atoms with Gasteiger partial charge in [-0.25, -0.2) is 4.39 Å². The Hall–Kier alpha value is -2.98. The first-order valence-electron chi connectivity index (χ1n) is 7.54. The Kier molecular flexibility index (Phi) is 6.43. The van der Waals surface area contributed by atoms with Gasteiger partial charge in [-0.1, -0.05) is 6.07 Å². The van der Waals surface area contributed by atoms with Crippen LogP contribution < -0.4 is 19.5 Å². The minimum absolute atomic E-state index is 0.0400.